The third-order valence-corrected chi connectivity index (χ3v) is 41.9. The number of nitrogens with one attached hydrogen (secondary N) is 2. The smallest absolute Gasteiger partial charge is 0.0350 e. The van der Waals surface area contributed by atoms with E-state index in [1.165, 1.54) is 395 Å². The van der Waals surface area contributed by atoms with Crippen LogP contribution in [0.2, 0.25) is 0 Å². The first-order valence-corrected chi connectivity index (χ1v) is 62.4. The fourth-order valence-electron chi connectivity index (χ4n) is 32.3. The van der Waals surface area contributed by atoms with Crippen molar-refractivity contribution in [2.24, 2.45) is 136 Å². The molecule has 0 bridgehead atoms. The molecule has 0 spiro atoms. The summed E-state index contributed by atoms with van der Waals surface area (Å²) in [5, 5.41) is 6.75. The molecule has 0 aromatic heterocycles. The van der Waals surface area contributed by atoms with E-state index in [-0.39, 0.29) is 0 Å². The van der Waals surface area contributed by atoms with Gasteiger partial charge in [-0.25, -0.2) is 0 Å². The zero-order valence-corrected chi connectivity index (χ0v) is 96.8. The summed E-state index contributed by atoms with van der Waals surface area (Å²) < 4.78 is 0. The maximum atomic E-state index is 3.40. The summed E-state index contributed by atoms with van der Waals surface area (Å²) in [5.74, 6) is 24.0. The molecule has 139 heavy (non-hydrogen) atoms. The highest BCUT2D eigenvalue weighted by Crippen LogP contribution is 2.52. The molecule has 0 aromatic rings. The fraction of sp³-hybridized carbons (Fsp3) is 1.00. The number of likely N-dealkylation sites (N-methyl/N-ethyl adjacent to an activating group) is 5. The van der Waals surface area contributed by atoms with Crippen LogP contribution in [0, 0.1) is 136 Å². The van der Waals surface area contributed by atoms with Gasteiger partial charge in [-0.1, -0.05) is 180 Å². The molecule has 14 heterocycles. The molecule has 14 saturated heterocycles. The van der Waals surface area contributed by atoms with Crippen LogP contribution in [0.1, 0.15) is 353 Å². The topological polar surface area (TPSA) is 69.4 Å². The van der Waals surface area contributed by atoms with Crippen molar-refractivity contribution in [2.45, 2.75) is 396 Å². The van der Waals surface area contributed by atoms with Gasteiger partial charge in [0.25, 0.3) is 0 Å². The van der Waals surface area contributed by atoms with Gasteiger partial charge in [-0.15, -0.1) is 0 Å². The van der Waals surface area contributed by atoms with Crippen molar-refractivity contribution in [1.29, 1.82) is 0 Å². The normalized spacial score (nSPS) is 37.3. The van der Waals surface area contributed by atoms with E-state index in [9.17, 15) is 0 Å². The SMILES string of the molecule is CC1CCN(C2CN(C)C2)CC1.CC1CN(C2CCN(C)C2)C1.CC1CN(C2CCN(C)CC2)C1.CC1CN(C2CN(C)C2)C1.CCC1CCC2C(CNC)CCCC2C1.CCC1CCC2CC(CNC)CCC2C1.CCCC1CC2CCC(CC)CC2C1.CCCC1CCC2CC(CC)CCC12.C[C@H]1CCN(C2CCN(C)C2)C1.C[C@H]1CCN(C2CCN(C)CC2)C1.C[C@H]1CCN(C2CN(C)C2)C1. The number of likely N-dealkylation sites (tertiary alicyclic amines) is 14. The lowest BCUT2D eigenvalue weighted by molar-refractivity contribution is -0.0150. The summed E-state index contributed by atoms with van der Waals surface area (Å²) in [6.45, 7) is 70.3. The van der Waals surface area contributed by atoms with Crippen LogP contribution in [0.25, 0.3) is 0 Å². The molecule has 22 rings (SSSR count). The van der Waals surface area contributed by atoms with Gasteiger partial charge in [-0.3, -0.25) is 29.4 Å². The summed E-state index contributed by atoms with van der Waals surface area (Å²) in [7, 11) is 19.8. The molecular weight excluding hydrogens is 1700 g/mol. The first-order chi connectivity index (χ1) is 67.1. The second kappa shape index (κ2) is 61.2. The van der Waals surface area contributed by atoms with Gasteiger partial charge in [0.05, 0.1) is 0 Å². The quantitative estimate of drug-likeness (QED) is 0.129. The Morgan fingerprint density at radius 3 is 0.921 bits per heavy atom. The van der Waals surface area contributed by atoms with Crippen LogP contribution < -0.4 is 10.6 Å². The molecule has 21 atom stereocenters. The Morgan fingerprint density at radius 2 is 0.504 bits per heavy atom. The minimum absolute atomic E-state index is 0.875. The lowest BCUT2D eigenvalue weighted by Crippen LogP contribution is -2.63. The maximum Gasteiger partial charge on any atom is 0.0350 e. The minimum Gasteiger partial charge on any atom is -0.319 e. The van der Waals surface area contributed by atoms with Crippen molar-refractivity contribution in [3.8, 4) is 0 Å². The van der Waals surface area contributed by atoms with Crippen LogP contribution >= 0.6 is 0 Å². The summed E-state index contributed by atoms with van der Waals surface area (Å²) in [6.07, 6.45) is 60.8. The van der Waals surface area contributed by atoms with Crippen molar-refractivity contribution in [2.75, 3.05) is 260 Å². The number of rotatable bonds is 19. The third-order valence-electron chi connectivity index (χ3n) is 41.9. The highest BCUT2D eigenvalue weighted by molar-refractivity contribution is 4.98. The van der Waals surface area contributed by atoms with Crippen molar-refractivity contribution < 1.29 is 0 Å². The molecule has 16 heteroatoms. The van der Waals surface area contributed by atoms with Crippen molar-refractivity contribution >= 4 is 0 Å². The largest absolute Gasteiger partial charge is 0.319 e. The summed E-state index contributed by atoms with van der Waals surface area (Å²) in [4.78, 5) is 35.6. The van der Waals surface area contributed by atoms with E-state index < -0.39 is 0 Å². The lowest BCUT2D eigenvalue weighted by atomic mass is 9.62. The number of hydrogen-bond donors (Lipinski definition) is 2. The molecule has 22 fully saturated rings. The lowest BCUT2D eigenvalue weighted by Gasteiger charge is -2.50. The predicted octanol–water partition coefficient (Wildman–Crippen LogP) is 22.2. The van der Waals surface area contributed by atoms with Gasteiger partial charge in [-0.05, 0) is 458 Å². The molecule has 22 aliphatic rings. The molecule has 812 valence electrons. The van der Waals surface area contributed by atoms with Crippen LogP contribution in [0.15, 0.2) is 0 Å². The van der Waals surface area contributed by atoms with E-state index in [4.69, 9.17) is 0 Å². The zero-order valence-electron chi connectivity index (χ0n) is 96.8. The van der Waals surface area contributed by atoms with E-state index in [0.29, 0.717) is 0 Å². The fourth-order valence-corrected chi connectivity index (χ4v) is 32.3. The monoisotopic (exact) mass is 1940 g/mol. The van der Waals surface area contributed by atoms with E-state index in [2.05, 4.69) is 233 Å². The Hall–Kier alpha value is -0.640. The molecule has 8 saturated carbocycles. The van der Waals surface area contributed by atoms with Gasteiger partial charge in [0, 0.05) is 154 Å². The average Bonchev–Trinajstić information content (AvgIpc) is 1.15. The first kappa shape index (κ1) is 117. The van der Waals surface area contributed by atoms with Gasteiger partial charge in [0.1, 0.15) is 0 Å². The second-order valence-corrected chi connectivity index (χ2v) is 54.1. The molecule has 18 unspecified atom stereocenters. The minimum atomic E-state index is 0.875. The predicted molar refractivity (Wildman–Crippen MR) is 601 cm³/mol. The van der Waals surface area contributed by atoms with Gasteiger partial charge in [-0.2, -0.15) is 0 Å². The zero-order chi connectivity index (χ0) is 99.0. The molecule has 8 aliphatic carbocycles. The van der Waals surface area contributed by atoms with E-state index in [0.717, 1.165) is 178 Å². The van der Waals surface area contributed by atoms with Crippen LogP contribution in [-0.2, 0) is 0 Å². The van der Waals surface area contributed by atoms with Crippen LogP contribution in [0.4, 0.5) is 0 Å². The van der Waals surface area contributed by atoms with Crippen molar-refractivity contribution in [3.63, 3.8) is 0 Å². The number of piperidine rings is 3. The molecule has 2 N–H and O–H groups in total. The molecule has 0 radical (unpaired) electrons. The van der Waals surface area contributed by atoms with Crippen LogP contribution in [-0.4, -0.2) is 371 Å². The highest BCUT2D eigenvalue weighted by atomic mass is 15.3. The Kier molecular flexibility index (Phi) is 51.5. The van der Waals surface area contributed by atoms with Crippen molar-refractivity contribution in [3.05, 3.63) is 0 Å². The van der Waals surface area contributed by atoms with Gasteiger partial charge in [0.2, 0.25) is 0 Å². The molecule has 0 amide bonds. The Bertz CT molecular complexity index is 3050. The number of hydrogen-bond acceptors (Lipinski definition) is 16. The average molecular weight is 1940 g/mol. The summed E-state index contributed by atoms with van der Waals surface area (Å²) >= 11 is 0. The Labute approximate surface area is 865 Å². The summed E-state index contributed by atoms with van der Waals surface area (Å²) in [6, 6.07) is 6.27. The van der Waals surface area contributed by atoms with Crippen LogP contribution in [0.3, 0.4) is 0 Å². The van der Waals surface area contributed by atoms with E-state index in [1.54, 1.807) is 64.2 Å². The van der Waals surface area contributed by atoms with Gasteiger partial charge < -0.3 is 49.8 Å². The standard InChI is InChI=1S/2C14H27N.2C14H26.C11H22N2.3C10H20N2.2C9H18N2.C8H16N2/c1-3-11-4-6-14-9-12(10-15-2)5-7-13(14)8-11;1-3-11-7-8-14-12(9-11)5-4-6-13(14)10-15-2;1-3-5-12-7-8-13-10-11(4-2)6-9-14(12)13;1-3-5-12-9-13-7-6-11(4-2)8-14(13)10-12;1-10-3-8-13(9-10)11-4-6-12(2)7-5-11;1-9-3-6-12(7-9)10-4-5-11(2)8-10;1-9-7-12(8-9)10-3-5-11(2)6-4-10;1-9-3-5-12(6-4-9)10-7-11(2)8-10;1-8-5-11(6-8)9-3-4-10(2)7-9;1-8-3-4-11(5-8)9-6-10(2)7-9;1-7-3-10(4-7)8-5-9(2)6-8/h2*11-15H,3-10H2,1-2H3;2*11-14H,3-10H2,1-2H3;10-11H,3-9H2,1-2H3;3*9-10H,3-8H2,1-2H3;2*8-9H,3-7H2,1-2H3;7-8H,3-6H2,1-2H3/t;;;;10-;9-,10?;;;;8-;/m....00...0./s1. The number of nitrogens with zero attached hydrogens (tertiary/aromatic N) is 14. The number of fused-ring (bicyclic) bond motifs is 4. The third kappa shape index (κ3) is 37.7. The molecular formula is C123H240N16. The molecule has 14 aliphatic heterocycles. The maximum absolute atomic E-state index is 3.40. The van der Waals surface area contributed by atoms with Crippen molar-refractivity contribution in [1.82, 2.24) is 79.2 Å². The van der Waals surface area contributed by atoms with Crippen LogP contribution in [0.5, 0.6) is 0 Å². The van der Waals surface area contributed by atoms with E-state index in [1.807, 2.05) is 0 Å². The van der Waals surface area contributed by atoms with E-state index >= 15 is 0 Å². The highest BCUT2D eigenvalue weighted by Gasteiger charge is 2.45. The van der Waals surface area contributed by atoms with Gasteiger partial charge >= 0.3 is 0 Å². The van der Waals surface area contributed by atoms with Gasteiger partial charge in [0.15, 0.2) is 0 Å². The molecule has 0 aromatic carbocycles. The Morgan fingerprint density at radius 1 is 0.201 bits per heavy atom. The summed E-state index contributed by atoms with van der Waals surface area (Å²) in [5.41, 5.74) is 0. The first-order valence-electron chi connectivity index (χ1n) is 62.4. The molecule has 16 nitrogen and oxygen atoms in total. The Balaban J connectivity index is 0.000000137. The second-order valence-electron chi connectivity index (χ2n) is 54.1.